The lowest BCUT2D eigenvalue weighted by Gasteiger charge is -2.24. The van der Waals surface area contributed by atoms with Gasteiger partial charge in [0.25, 0.3) is 0 Å². The SMILES string of the molecule is CCC(=O)N[C@@H](C)C(=O)N[C@@H]1CN(C)c2ccccc2C(c2ccccc2)=N1. The van der Waals surface area contributed by atoms with Crippen molar-refractivity contribution in [3.63, 3.8) is 0 Å². The molecule has 1 aliphatic rings. The summed E-state index contributed by atoms with van der Waals surface area (Å²) in [7, 11) is 1.99. The molecule has 0 saturated heterocycles. The molecule has 6 nitrogen and oxygen atoms in total. The number of likely N-dealkylation sites (N-methyl/N-ethyl adjacent to an activating group) is 1. The average molecular weight is 378 g/mol. The number of rotatable bonds is 5. The molecule has 2 atom stereocenters. The molecule has 0 saturated carbocycles. The summed E-state index contributed by atoms with van der Waals surface area (Å²) in [5, 5.41) is 5.66. The average Bonchev–Trinajstić information content (AvgIpc) is 2.85. The maximum atomic E-state index is 12.6. The topological polar surface area (TPSA) is 73.8 Å². The Bertz CT molecular complexity index is 879. The molecule has 3 rings (SSSR count). The van der Waals surface area contributed by atoms with E-state index in [1.165, 1.54) is 0 Å². The summed E-state index contributed by atoms with van der Waals surface area (Å²) in [6.45, 7) is 3.97. The Balaban J connectivity index is 1.91. The number of hydrogen-bond acceptors (Lipinski definition) is 4. The first-order valence-electron chi connectivity index (χ1n) is 9.53. The maximum absolute atomic E-state index is 12.6. The molecular weight excluding hydrogens is 352 g/mol. The van der Waals surface area contributed by atoms with Gasteiger partial charge in [0.15, 0.2) is 0 Å². The van der Waals surface area contributed by atoms with E-state index < -0.39 is 12.2 Å². The number of nitrogens with one attached hydrogen (secondary N) is 2. The molecule has 2 N–H and O–H groups in total. The first kappa shape index (κ1) is 19.6. The minimum absolute atomic E-state index is 0.151. The fraction of sp³-hybridized carbons (Fsp3) is 0.318. The van der Waals surface area contributed by atoms with Crippen LogP contribution >= 0.6 is 0 Å². The number of amides is 2. The normalized spacial score (nSPS) is 17.0. The first-order valence-corrected chi connectivity index (χ1v) is 9.53. The van der Waals surface area contributed by atoms with E-state index in [1.807, 2.05) is 55.6 Å². The van der Waals surface area contributed by atoms with E-state index in [-0.39, 0.29) is 11.8 Å². The number of nitrogens with zero attached hydrogens (tertiary/aromatic N) is 2. The van der Waals surface area contributed by atoms with E-state index in [2.05, 4.69) is 21.6 Å². The highest BCUT2D eigenvalue weighted by Gasteiger charge is 2.25. The third kappa shape index (κ3) is 4.39. The van der Waals surface area contributed by atoms with Crippen LogP contribution < -0.4 is 15.5 Å². The summed E-state index contributed by atoms with van der Waals surface area (Å²) >= 11 is 0. The van der Waals surface area contributed by atoms with Gasteiger partial charge in [0, 0.05) is 30.3 Å². The van der Waals surface area contributed by atoms with E-state index in [0.717, 1.165) is 22.5 Å². The molecule has 0 fully saturated rings. The van der Waals surface area contributed by atoms with E-state index in [1.54, 1.807) is 13.8 Å². The monoisotopic (exact) mass is 378 g/mol. The number of fused-ring (bicyclic) bond motifs is 1. The van der Waals surface area contributed by atoms with Crippen molar-refractivity contribution >= 4 is 23.2 Å². The fourth-order valence-corrected chi connectivity index (χ4v) is 3.23. The molecule has 0 radical (unpaired) electrons. The lowest BCUT2D eigenvalue weighted by molar-refractivity contribution is -0.128. The fourth-order valence-electron chi connectivity index (χ4n) is 3.23. The second-order valence-electron chi connectivity index (χ2n) is 6.91. The summed E-state index contributed by atoms with van der Waals surface area (Å²) in [5.74, 6) is -0.399. The molecule has 1 heterocycles. The number of benzene rings is 2. The van der Waals surface area contributed by atoms with Crippen LogP contribution in [0.3, 0.4) is 0 Å². The van der Waals surface area contributed by atoms with Crippen molar-refractivity contribution in [2.24, 2.45) is 4.99 Å². The van der Waals surface area contributed by atoms with Crippen molar-refractivity contribution in [2.45, 2.75) is 32.5 Å². The van der Waals surface area contributed by atoms with Gasteiger partial charge in [0.2, 0.25) is 11.8 Å². The molecular formula is C22H26N4O2. The molecule has 2 aromatic rings. The third-order valence-corrected chi connectivity index (χ3v) is 4.75. The van der Waals surface area contributed by atoms with Crippen LogP contribution in [0.4, 0.5) is 5.69 Å². The van der Waals surface area contributed by atoms with E-state index >= 15 is 0 Å². The minimum Gasteiger partial charge on any atom is -0.370 e. The van der Waals surface area contributed by atoms with Crippen molar-refractivity contribution in [1.29, 1.82) is 0 Å². The Morgan fingerprint density at radius 2 is 1.82 bits per heavy atom. The highest BCUT2D eigenvalue weighted by molar-refractivity contribution is 6.16. The number of anilines is 1. The summed E-state index contributed by atoms with van der Waals surface area (Å²) in [6.07, 6.45) is -0.0869. The van der Waals surface area contributed by atoms with Gasteiger partial charge in [-0.05, 0) is 13.0 Å². The quantitative estimate of drug-likeness (QED) is 0.839. The van der Waals surface area contributed by atoms with E-state index in [9.17, 15) is 9.59 Å². The van der Waals surface area contributed by atoms with Crippen LogP contribution in [0.2, 0.25) is 0 Å². The third-order valence-electron chi connectivity index (χ3n) is 4.75. The lowest BCUT2D eigenvalue weighted by Crippen LogP contribution is -2.50. The van der Waals surface area contributed by atoms with Crippen molar-refractivity contribution in [3.8, 4) is 0 Å². The number of benzodiazepines with no additional fused rings is 1. The highest BCUT2D eigenvalue weighted by atomic mass is 16.2. The number of carbonyl (C=O) groups excluding carboxylic acids is 2. The molecule has 0 aromatic heterocycles. The Hall–Kier alpha value is -3.15. The number of aliphatic imine (C=N–C) groups is 1. The van der Waals surface area contributed by atoms with Gasteiger partial charge in [0.1, 0.15) is 12.2 Å². The van der Waals surface area contributed by atoms with Gasteiger partial charge >= 0.3 is 0 Å². The van der Waals surface area contributed by atoms with Crippen molar-refractivity contribution in [3.05, 3.63) is 65.7 Å². The van der Waals surface area contributed by atoms with Gasteiger partial charge in [0.05, 0.1) is 12.3 Å². The van der Waals surface area contributed by atoms with Crippen LogP contribution in [0.1, 0.15) is 31.4 Å². The van der Waals surface area contributed by atoms with E-state index in [4.69, 9.17) is 4.99 Å². The van der Waals surface area contributed by atoms with Crippen LogP contribution in [0.25, 0.3) is 0 Å². The summed E-state index contributed by atoms with van der Waals surface area (Å²) in [6, 6.07) is 17.4. The molecule has 6 heteroatoms. The zero-order valence-electron chi connectivity index (χ0n) is 16.5. The minimum atomic E-state index is -0.612. The molecule has 0 unspecified atom stereocenters. The molecule has 1 aliphatic heterocycles. The van der Waals surface area contributed by atoms with Crippen molar-refractivity contribution in [2.75, 3.05) is 18.5 Å². The van der Waals surface area contributed by atoms with Crippen LogP contribution in [0, 0.1) is 0 Å². The molecule has 0 aliphatic carbocycles. The molecule has 2 aromatic carbocycles. The van der Waals surface area contributed by atoms with Crippen LogP contribution in [0.5, 0.6) is 0 Å². The van der Waals surface area contributed by atoms with Gasteiger partial charge in [-0.2, -0.15) is 0 Å². The second kappa shape index (κ2) is 8.69. The van der Waals surface area contributed by atoms with E-state index in [0.29, 0.717) is 13.0 Å². The number of hydrogen-bond donors (Lipinski definition) is 2. The summed E-state index contributed by atoms with van der Waals surface area (Å²) in [4.78, 5) is 31.2. The van der Waals surface area contributed by atoms with Crippen molar-refractivity contribution in [1.82, 2.24) is 10.6 Å². The predicted molar refractivity (Wildman–Crippen MR) is 112 cm³/mol. The zero-order valence-corrected chi connectivity index (χ0v) is 16.5. The Morgan fingerprint density at radius 1 is 1.14 bits per heavy atom. The highest BCUT2D eigenvalue weighted by Crippen LogP contribution is 2.26. The largest absolute Gasteiger partial charge is 0.370 e. The van der Waals surface area contributed by atoms with Gasteiger partial charge in [-0.1, -0.05) is 55.5 Å². The van der Waals surface area contributed by atoms with Crippen molar-refractivity contribution < 1.29 is 9.59 Å². The molecule has 146 valence electrons. The molecule has 0 spiro atoms. The number of carbonyl (C=O) groups is 2. The smallest absolute Gasteiger partial charge is 0.243 e. The zero-order chi connectivity index (χ0) is 20.1. The van der Waals surface area contributed by atoms with Crippen LogP contribution in [-0.2, 0) is 9.59 Å². The molecule has 2 amide bonds. The van der Waals surface area contributed by atoms with Crippen LogP contribution in [-0.4, -0.2) is 43.3 Å². The maximum Gasteiger partial charge on any atom is 0.243 e. The summed E-state index contributed by atoms with van der Waals surface area (Å²) < 4.78 is 0. The van der Waals surface area contributed by atoms with Gasteiger partial charge in [-0.3, -0.25) is 14.6 Å². The Labute approximate surface area is 165 Å². The predicted octanol–water partition coefficient (Wildman–Crippen LogP) is 2.33. The van der Waals surface area contributed by atoms with Gasteiger partial charge in [-0.25, -0.2) is 0 Å². The summed E-state index contributed by atoms with van der Waals surface area (Å²) in [5.41, 5.74) is 3.93. The Kier molecular flexibility index (Phi) is 6.09. The first-order chi connectivity index (χ1) is 13.5. The Morgan fingerprint density at radius 3 is 2.54 bits per heavy atom. The lowest BCUT2D eigenvalue weighted by atomic mass is 10.0. The van der Waals surface area contributed by atoms with Gasteiger partial charge in [-0.15, -0.1) is 0 Å². The van der Waals surface area contributed by atoms with Crippen LogP contribution in [0.15, 0.2) is 59.6 Å². The standard InChI is InChI=1S/C22H26N4O2/c1-4-20(27)23-15(2)22(28)25-19-14-26(3)18-13-9-8-12-17(18)21(24-19)16-10-6-5-7-11-16/h5-13,15,19H,4,14H2,1-3H3,(H,23,27)(H,25,28)/t15-,19+/m0/s1. The molecule has 0 bridgehead atoms. The number of para-hydroxylation sites is 1. The molecule has 28 heavy (non-hydrogen) atoms. The second-order valence-corrected chi connectivity index (χ2v) is 6.91. The van der Waals surface area contributed by atoms with Gasteiger partial charge < -0.3 is 15.5 Å².